The van der Waals surface area contributed by atoms with Crippen LogP contribution in [0.25, 0.3) is 10.9 Å². The number of benzene rings is 1. The number of hydrogen-bond acceptors (Lipinski definition) is 4. The van der Waals surface area contributed by atoms with Crippen molar-refractivity contribution in [3.8, 4) is 0 Å². The van der Waals surface area contributed by atoms with Crippen molar-refractivity contribution in [1.82, 2.24) is 4.98 Å². The maximum atomic E-state index is 13.3. The van der Waals surface area contributed by atoms with Gasteiger partial charge in [0.1, 0.15) is 23.4 Å². The predicted molar refractivity (Wildman–Crippen MR) is 83.4 cm³/mol. The molecule has 0 radical (unpaired) electrons. The Morgan fingerprint density at radius 3 is 2.86 bits per heavy atom. The average molecular weight is 300 g/mol. The Morgan fingerprint density at radius 1 is 1.27 bits per heavy atom. The fraction of sp³-hybridized carbons (Fsp3) is 0.235. The quantitative estimate of drug-likeness (QED) is 0.771. The molecule has 1 unspecified atom stereocenters. The number of hydrogen-bond donors (Lipinski definition) is 1. The minimum Gasteiger partial charge on any atom is -0.464 e. The van der Waals surface area contributed by atoms with Crippen LogP contribution in [0.15, 0.2) is 47.0 Å². The minimum atomic E-state index is -0.299. The van der Waals surface area contributed by atoms with Gasteiger partial charge in [0, 0.05) is 30.4 Å². The van der Waals surface area contributed by atoms with Gasteiger partial charge in [-0.25, -0.2) is 4.39 Å². The van der Waals surface area contributed by atoms with E-state index in [9.17, 15) is 4.39 Å². The van der Waals surface area contributed by atoms with Crippen LogP contribution in [0, 0.1) is 12.7 Å². The standard InChI is InChI=1S/C17H17FN2O2/c1-11-3-6-17(22-11)16(10-21-2)20-14-7-8-19-15-9-12(18)4-5-13(14)15/h3-9,16H,10H2,1-2H3,(H,19,20). The third-order valence-electron chi connectivity index (χ3n) is 3.47. The van der Waals surface area contributed by atoms with Crippen molar-refractivity contribution in [3.63, 3.8) is 0 Å². The molecule has 4 nitrogen and oxygen atoms in total. The summed E-state index contributed by atoms with van der Waals surface area (Å²) in [5.41, 5.74) is 1.47. The summed E-state index contributed by atoms with van der Waals surface area (Å²) < 4.78 is 24.3. The molecule has 0 amide bonds. The third kappa shape index (κ3) is 2.94. The zero-order valence-electron chi connectivity index (χ0n) is 12.5. The molecule has 3 aromatic rings. The first kappa shape index (κ1) is 14.5. The van der Waals surface area contributed by atoms with E-state index in [0.29, 0.717) is 12.1 Å². The van der Waals surface area contributed by atoms with Crippen LogP contribution in [0.5, 0.6) is 0 Å². The maximum absolute atomic E-state index is 13.3. The lowest BCUT2D eigenvalue weighted by Gasteiger charge is -2.18. The van der Waals surface area contributed by atoms with Crippen molar-refractivity contribution < 1.29 is 13.5 Å². The van der Waals surface area contributed by atoms with E-state index in [1.54, 1.807) is 19.4 Å². The summed E-state index contributed by atoms with van der Waals surface area (Å²) in [4.78, 5) is 4.20. The van der Waals surface area contributed by atoms with E-state index in [0.717, 1.165) is 22.6 Å². The molecule has 0 aliphatic rings. The lowest BCUT2D eigenvalue weighted by atomic mass is 10.1. The first-order chi connectivity index (χ1) is 10.7. The fourth-order valence-corrected chi connectivity index (χ4v) is 2.44. The van der Waals surface area contributed by atoms with Crippen molar-refractivity contribution >= 4 is 16.6 Å². The maximum Gasteiger partial charge on any atom is 0.128 e. The van der Waals surface area contributed by atoms with Gasteiger partial charge in [-0.2, -0.15) is 0 Å². The van der Waals surface area contributed by atoms with Crippen molar-refractivity contribution in [3.05, 3.63) is 59.9 Å². The Kier molecular flexibility index (Phi) is 4.06. The van der Waals surface area contributed by atoms with E-state index < -0.39 is 0 Å². The Balaban J connectivity index is 1.96. The molecule has 0 aliphatic carbocycles. The Hall–Kier alpha value is -2.40. The zero-order chi connectivity index (χ0) is 15.5. The molecule has 5 heteroatoms. The highest BCUT2D eigenvalue weighted by Crippen LogP contribution is 2.27. The highest BCUT2D eigenvalue weighted by Gasteiger charge is 2.16. The van der Waals surface area contributed by atoms with Crippen LogP contribution in [0.2, 0.25) is 0 Å². The Morgan fingerprint density at radius 2 is 2.14 bits per heavy atom. The third-order valence-corrected chi connectivity index (χ3v) is 3.47. The van der Waals surface area contributed by atoms with E-state index >= 15 is 0 Å². The van der Waals surface area contributed by atoms with Gasteiger partial charge in [-0.1, -0.05) is 0 Å². The van der Waals surface area contributed by atoms with Gasteiger partial charge in [-0.3, -0.25) is 4.98 Å². The fourth-order valence-electron chi connectivity index (χ4n) is 2.44. The van der Waals surface area contributed by atoms with Gasteiger partial charge < -0.3 is 14.5 Å². The van der Waals surface area contributed by atoms with E-state index in [2.05, 4.69) is 10.3 Å². The topological polar surface area (TPSA) is 47.3 Å². The summed E-state index contributed by atoms with van der Waals surface area (Å²) in [5, 5.41) is 4.25. The number of anilines is 1. The van der Waals surface area contributed by atoms with Gasteiger partial charge in [-0.15, -0.1) is 0 Å². The van der Waals surface area contributed by atoms with Crippen LogP contribution in [0.4, 0.5) is 10.1 Å². The van der Waals surface area contributed by atoms with Crippen molar-refractivity contribution in [2.75, 3.05) is 19.0 Å². The SMILES string of the molecule is COCC(Nc1ccnc2cc(F)ccc12)c1ccc(C)o1. The number of nitrogens with zero attached hydrogens (tertiary/aromatic N) is 1. The molecule has 1 atom stereocenters. The van der Waals surface area contributed by atoms with Gasteiger partial charge in [0.05, 0.1) is 12.1 Å². The summed E-state index contributed by atoms with van der Waals surface area (Å²) >= 11 is 0. The summed E-state index contributed by atoms with van der Waals surface area (Å²) in [5.74, 6) is 1.35. The molecule has 1 aromatic carbocycles. The van der Waals surface area contributed by atoms with Crippen LogP contribution < -0.4 is 5.32 Å². The number of aryl methyl sites for hydroxylation is 1. The van der Waals surface area contributed by atoms with Crippen LogP contribution >= 0.6 is 0 Å². The lowest BCUT2D eigenvalue weighted by molar-refractivity contribution is 0.178. The number of ether oxygens (including phenoxy) is 1. The normalized spacial score (nSPS) is 12.5. The van der Waals surface area contributed by atoms with E-state index in [1.807, 2.05) is 25.1 Å². The number of fused-ring (bicyclic) bond motifs is 1. The van der Waals surface area contributed by atoms with Crippen LogP contribution in [-0.4, -0.2) is 18.7 Å². The number of furan rings is 1. The second-order valence-electron chi connectivity index (χ2n) is 5.12. The smallest absolute Gasteiger partial charge is 0.128 e. The molecule has 0 fully saturated rings. The van der Waals surface area contributed by atoms with Gasteiger partial charge in [0.25, 0.3) is 0 Å². The molecule has 1 N–H and O–H groups in total. The molecule has 114 valence electrons. The molecule has 2 heterocycles. The number of halogens is 1. The summed E-state index contributed by atoms with van der Waals surface area (Å²) in [6.07, 6.45) is 1.65. The molecule has 0 spiro atoms. The minimum absolute atomic E-state index is 0.130. The largest absolute Gasteiger partial charge is 0.464 e. The Bertz CT molecular complexity index is 785. The van der Waals surface area contributed by atoms with Crippen molar-refractivity contribution in [2.24, 2.45) is 0 Å². The van der Waals surface area contributed by atoms with Gasteiger partial charge in [0.2, 0.25) is 0 Å². The molecular formula is C17H17FN2O2. The number of rotatable bonds is 5. The van der Waals surface area contributed by atoms with Gasteiger partial charge in [-0.05, 0) is 37.3 Å². The first-order valence-corrected chi connectivity index (χ1v) is 7.03. The number of nitrogens with one attached hydrogen (secondary N) is 1. The van der Waals surface area contributed by atoms with Gasteiger partial charge >= 0.3 is 0 Å². The molecule has 22 heavy (non-hydrogen) atoms. The number of aromatic nitrogens is 1. The number of methoxy groups -OCH3 is 1. The second-order valence-corrected chi connectivity index (χ2v) is 5.12. The van der Waals surface area contributed by atoms with Crippen LogP contribution in [0.3, 0.4) is 0 Å². The Labute approximate surface area is 127 Å². The predicted octanol–water partition coefficient (Wildman–Crippen LogP) is 4.07. The number of pyridine rings is 1. The monoisotopic (exact) mass is 300 g/mol. The molecule has 0 aliphatic heterocycles. The van der Waals surface area contributed by atoms with Crippen LogP contribution in [0.1, 0.15) is 17.6 Å². The summed E-state index contributed by atoms with van der Waals surface area (Å²) in [6, 6.07) is 10.1. The van der Waals surface area contributed by atoms with Gasteiger partial charge in [0.15, 0.2) is 0 Å². The average Bonchev–Trinajstić information content (AvgIpc) is 2.93. The van der Waals surface area contributed by atoms with Crippen molar-refractivity contribution in [1.29, 1.82) is 0 Å². The van der Waals surface area contributed by atoms with E-state index in [4.69, 9.17) is 9.15 Å². The summed E-state index contributed by atoms with van der Waals surface area (Å²) in [7, 11) is 1.64. The van der Waals surface area contributed by atoms with E-state index in [1.165, 1.54) is 12.1 Å². The molecular weight excluding hydrogens is 283 g/mol. The highest BCUT2D eigenvalue weighted by molar-refractivity contribution is 5.91. The molecule has 2 aromatic heterocycles. The zero-order valence-corrected chi connectivity index (χ0v) is 12.5. The molecule has 3 rings (SSSR count). The molecule has 0 bridgehead atoms. The summed E-state index contributed by atoms with van der Waals surface area (Å²) in [6.45, 7) is 2.36. The van der Waals surface area contributed by atoms with E-state index in [-0.39, 0.29) is 11.9 Å². The second kappa shape index (κ2) is 6.15. The van der Waals surface area contributed by atoms with Crippen LogP contribution in [-0.2, 0) is 4.74 Å². The van der Waals surface area contributed by atoms with Crippen molar-refractivity contribution in [2.45, 2.75) is 13.0 Å². The molecule has 0 saturated carbocycles. The molecule has 0 saturated heterocycles. The highest BCUT2D eigenvalue weighted by atomic mass is 19.1. The first-order valence-electron chi connectivity index (χ1n) is 7.03. The lowest BCUT2D eigenvalue weighted by Crippen LogP contribution is -2.16.